The fourth-order valence-electron chi connectivity index (χ4n) is 4.01. The molecule has 0 heterocycles. The largest absolute Gasteiger partial charge is 0.415 e. The van der Waals surface area contributed by atoms with Crippen molar-refractivity contribution in [1.82, 2.24) is 0 Å². The number of anilines is 1. The molecule has 1 atom stereocenters. The Morgan fingerprint density at radius 2 is 1.29 bits per heavy atom. The van der Waals surface area contributed by atoms with E-state index in [1.54, 1.807) is 0 Å². The maximum atomic E-state index is 12.0. The molecule has 0 saturated carbocycles. The van der Waals surface area contributed by atoms with Gasteiger partial charge in [-0.2, -0.15) is 0 Å². The van der Waals surface area contributed by atoms with Gasteiger partial charge in [0, 0.05) is 11.2 Å². The van der Waals surface area contributed by atoms with Crippen LogP contribution >= 0.6 is 7.80 Å². The summed E-state index contributed by atoms with van der Waals surface area (Å²) in [6.45, 7) is 6.35. The average molecular weight is 430 g/mol. The van der Waals surface area contributed by atoms with Crippen molar-refractivity contribution in [2.75, 3.05) is 5.73 Å². The van der Waals surface area contributed by atoms with E-state index in [1.165, 1.54) is 22.3 Å². The molecule has 3 aromatic rings. The highest BCUT2D eigenvalue weighted by Crippen LogP contribution is 2.36. The van der Waals surface area contributed by atoms with E-state index in [0.717, 1.165) is 22.7 Å². The first kappa shape index (κ1) is 22.7. The van der Waals surface area contributed by atoms with Crippen LogP contribution in [0.5, 0.6) is 0 Å². The van der Waals surface area contributed by atoms with Crippen LogP contribution in [0.15, 0.2) is 102 Å². The van der Waals surface area contributed by atoms with Gasteiger partial charge >= 0.3 is 7.80 Å². The summed E-state index contributed by atoms with van der Waals surface area (Å²) in [7, 11) is -1.42. The summed E-state index contributed by atoms with van der Waals surface area (Å²) in [4.78, 5) is 0. The molecular formula is C27H30N2OP+. The maximum Gasteiger partial charge on any atom is 0.415 e. The predicted octanol–water partition coefficient (Wildman–Crippen LogP) is 5.57. The molecule has 4 heteroatoms. The molecule has 4 rings (SSSR count). The Kier molecular flexibility index (Phi) is 7.22. The minimum atomic E-state index is -1.42. The molecule has 0 bridgehead atoms. The minimum absolute atomic E-state index is 0.217. The zero-order valence-electron chi connectivity index (χ0n) is 18.4. The Bertz CT molecular complexity index is 1060. The number of hydrogen-bond donors (Lipinski definition) is 2. The Morgan fingerprint density at radius 1 is 0.806 bits per heavy atom. The van der Waals surface area contributed by atoms with Gasteiger partial charge in [-0.05, 0) is 80.3 Å². The lowest BCUT2D eigenvalue weighted by atomic mass is 9.80. The second-order valence-corrected chi connectivity index (χ2v) is 9.87. The van der Waals surface area contributed by atoms with Gasteiger partial charge in [0.2, 0.25) is 0 Å². The van der Waals surface area contributed by atoms with Gasteiger partial charge in [-0.25, -0.2) is 0 Å². The first-order chi connectivity index (χ1) is 14.8. The standard InChI is InChI=1S/C15H20N2.C12H10OP/c1-10-8-15(3,17)9-11(2)14(10)12-4-6-13(16)7-5-12;13-14(11-7-3-1-4-8-11)12-9-5-2-6-10-12/h4-8H,9,16-17H2,1-3H3;1-10H/q;+1. The molecule has 158 valence electrons. The normalized spacial score (nSPS) is 18.0. The molecule has 1 unspecified atom stereocenters. The van der Waals surface area contributed by atoms with E-state index in [1.807, 2.05) is 72.8 Å². The summed E-state index contributed by atoms with van der Waals surface area (Å²) < 4.78 is 12.0. The summed E-state index contributed by atoms with van der Waals surface area (Å²) in [5, 5.41) is 1.77. The number of nitrogen functional groups attached to an aromatic ring is 1. The van der Waals surface area contributed by atoms with Gasteiger partial charge in [0.15, 0.2) is 10.6 Å². The van der Waals surface area contributed by atoms with E-state index >= 15 is 0 Å². The van der Waals surface area contributed by atoms with Crippen molar-refractivity contribution in [1.29, 1.82) is 0 Å². The Labute approximate surface area is 186 Å². The third-order valence-electron chi connectivity index (χ3n) is 5.19. The zero-order valence-corrected chi connectivity index (χ0v) is 19.3. The van der Waals surface area contributed by atoms with E-state index in [-0.39, 0.29) is 5.54 Å². The molecule has 0 radical (unpaired) electrons. The minimum Gasteiger partial charge on any atom is -0.399 e. The van der Waals surface area contributed by atoms with Crippen LogP contribution in [0.3, 0.4) is 0 Å². The van der Waals surface area contributed by atoms with Crippen molar-refractivity contribution in [2.45, 2.75) is 32.7 Å². The molecule has 0 aliphatic heterocycles. The van der Waals surface area contributed by atoms with E-state index in [4.69, 9.17) is 11.5 Å². The number of rotatable bonds is 3. The molecule has 0 amide bonds. The fraction of sp³-hybridized carbons (Fsp3) is 0.185. The van der Waals surface area contributed by atoms with Crippen LogP contribution in [0.4, 0.5) is 5.69 Å². The first-order valence-electron chi connectivity index (χ1n) is 10.4. The van der Waals surface area contributed by atoms with Crippen LogP contribution in [0, 0.1) is 0 Å². The topological polar surface area (TPSA) is 69.1 Å². The molecule has 3 aromatic carbocycles. The molecule has 3 nitrogen and oxygen atoms in total. The highest BCUT2D eigenvalue weighted by atomic mass is 31.1. The van der Waals surface area contributed by atoms with Crippen LogP contribution < -0.4 is 22.1 Å². The van der Waals surface area contributed by atoms with Crippen LogP contribution in [0.2, 0.25) is 0 Å². The molecule has 0 aromatic heterocycles. The highest BCUT2D eigenvalue weighted by Gasteiger charge is 2.24. The van der Waals surface area contributed by atoms with Crippen LogP contribution in [-0.2, 0) is 4.57 Å². The Balaban J connectivity index is 0.000000179. The fourth-order valence-corrected chi connectivity index (χ4v) is 5.20. The SMILES string of the molecule is CC1=CC(C)(N)CC(C)=C1c1ccc(N)cc1.O=[P+](c1ccccc1)c1ccccc1. The summed E-state index contributed by atoms with van der Waals surface area (Å²) >= 11 is 0. The van der Waals surface area contributed by atoms with Gasteiger partial charge in [0.1, 0.15) is 0 Å². The van der Waals surface area contributed by atoms with Gasteiger partial charge < -0.3 is 11.5 Å². The van der Waals surface area contributed by atoms with Gasteiger partial charge in [0.25, 0.3) is 0 Å². The lowest BCUT2D eigenvalue weighted by Crippen LogP contribution is -2.36. The average Bonchev–Trinajstić information content (AvgIpc) is 2.75. The lowest BCUT2D eigenvalue weighted by Gasteiger charge is -2.29. The Morgan fingerprint density at radius 3 is 1.74 bits per heavy atom. The van der Waals surface area contributed by atoms with Gasteiger partial charge in [-0.15, -0.1) is 0 Å². The molecule has 1 aliphatic carbocycles. The molecular weight excluding hydrogens is 399 g/mol. The summed E-state index contributed by atoms with van der Waals surface area (Å²) in [6.07, 6.45) is 3.07. The van der Waals surface area contributed by atoms with Gasteiger partial charge in [0.05, 0.1) is 0 Å². The van der Waals surface area contributed by atoms with Crippen LogP contribution in [0.1, 0.15) is 32.8 Å². The molecule has 1 aliphatic rings. The molecule has 0 spiro atoms. The number of allylic oxidation sites excluding steroid dienone is 2. The third-order valence-corrected chi connectivity index (χ3v) is 6.73. The van der Waals surface area contributed by atoms with Gasteiger partial charge in [-0.1, -0.05) is 64.7 Å². The molecule has 0 fully saturated rings. The number of hydrogen-bond acceptors (Lipinski definition) is 3. The van der Waals surface area contributed by atoms with Crippen molar-refractivity contribution in [3.8, 4) is 0 Å². The van der Waals surface area contributed by atoms with Crippen molar-refractivity contribution < 1.29 is 4.57 Å². The number of benzene rings is 3. The number of nitrogens with two attached hydrogens (primary N) is 2. The lowest BCUT2D eigenvalue weighted by molar-refractivity contribution is 0.570. The van der Waals surface area contributed by atoms with E-state index in [9.17, 15) is 4.57 Å². The Hall–Kier alpha value is -3.00. The zero-order chi connectivity index (χ0) is 22.4. The van der Waals surface area contributed by atoms with Gasteiger partial charge in [-0.3, -0.25) is 0 Å². The van der Waals surface area contributed by atoms with E-state index in [0.29, 0.717) is 0 Å². The summed E-state index contributed by atoms with van der Waals surface area (Å²) in [6, 6.07) is 27.1. The van der Waals surface area contributed by atoms with Crippen LogP contribution in [-0.4, -0.2) is 5.54 Å². The smallest absolute Gasteiger partial charge is 0.399 e. The van der Waals surface area contributed by atoms with E-state index < -0.39 is 7.80 Å². The van der Waals surface area contributed by atoms with Crippen molar-refractivity contribution in [3.05, 3.63) is 108 Å². The molecule has 4 N–H and O–H groups in total. The second-order valence-electron chi connectivity index (χ2n) is 8.25. The van der Waals surface area contributed by atoms with Crippen molar-refractivity contribution >= 4 is 29.7 Å². The quantitative estimate of drug-likeness (QED) is 0.422. The predicted molar refractivity (Wildman–Crippen MR) is 134 cm³/mol. The van der Waals surface area contributed by atoms with Crippen LogP contribution in [0.25, 0.3) is 5.57 Å². The third kappa shape index (κ3) is 6.01. The monoisotopic (exact) mass is 429 g/mol. The first-order valence-corrected chi connectivity index (χ1v) is 11.6. The summed E-state index contributed by atoms with van der Waals surface area (Å²) in [5.74, 6) is 0. The second kappa shape index (κ2) is 9.87. The molecule has 0 saturated heterocycles. The van der Waals surface area contributed by atoms with Crippen molar-refractivity contribution in [3.63, 3.8) is 0 Å². The maximum absolute atomic E-state index is 12.0. The van der Waals surface area contributed by atoms with Crippen molar-refractivity contribution in [2.24, 2.45) is 5.73 Å². The molecule has 31 heavy (non-hydrogen) atoms. The summed E-state index contributed by atoms with van der Waals surface area (Å²) in [5.41, 5.74) is 17.6. The van der Waals surface area contributed by atoms with E-state index in [2.05, 4.69) is 39.0 Å². The highest BCUT2D eigenvalue weighted by molar-refractivity contribution is 7.61.